The number of nitrogens with one attached hydrogen (secondary N) is 1. The van der Waals surface area contributed by atoms with E-state index in [1.165, 1.54) is 12.1 Å². The Morgan fingerprint density at radius 2 is 1.88 bits per heavy atom. The molecular weight excluding hydrogens is 323 g/mol. The van der Waals surface area contributed by atoms with Gasteiger partial charge in [-0.2, -0.15) is 0 Å². The number of hydrogen-bond acceptors (Lipinski definition) is 3. The Kier molecular flexibility index (Phi) is 6.39. The molecule has 1 aromatic rings. The van der Waals surface area contributed by atoms with Crippen molar-refractivity contribution in [2.45, 2.75) is 64.6 Å². The van der Waals surface area contributed by atoms with Crippen LogP contribution in [-0.4, -0.2) is 35.1 Å². The first-order valence-electron chi connectivity index (χ1n) is 8.75. The Hall–Kier alpha value is -2.11. The van der Waals surface area contributed by atoms with Gasteiger partial charge in [0.05, 0.1) is 0 Å². The Morgan fingerprint density at radius 3 is 2.44 bits per heavy atom. The minimum atomic E-state index is -0.530. The minimum absolute atomic E-state index is 0.0674. The average molecular weight is 350 g/mol. The standard InChI is InChI=1S/C19H27FN2O3/c1-19(2,3)25-18(24)21-12-4-5-17(23)22(16-10-11-16)13-14-6-8-15(20)9-7-14/h6-9,16H,4-5,10-13H2,1-3H3,(H,21,24). The van der Waals surface area contributed by atoms with Crippen LogP contribution in [0.3, 0.4) is 0 Å². The molecule has 0 unspecified atom stereocenters. The van der Waals surface area contributed by atoms with E-state index in [-0.39, 0.29) is 17.8 Å². The van der Waals surface area contributed by atoms with Gasteiger partial charge in [0.2, 0.25) is 5.91 Å². The molecule has 2 amide bonds. The number of rotatable bonds is 7. The number of alkyl carbamates (subject to hydrolysis) is 1. The molecule has 0 bridgehead atoms. The number of ether oxygens (including phenoxy) is 1. The summed E-state index contributed by atoms with van der Waals surface area (Å²) in [6, 6.07) is 6.53. The molecule has 5 nitrogen and oxygen atoms in total. The van der Waals surface area contributed by atoms with E-state index in [1.54, 1.807) is 32.9 Å². The summed E-state index contributed by atoms with van der Waals surface area (Å²) in [7, 11) is 0. The van der Waals surface area contributed by atoms with Crippen LogP contribution in [0, 0.1) is 5.82 Å². The lowest BCUT2D eigenvalue weighted by Crippen LogP contribution is -2.35. The molecule has 0 heterocycles. The number of benzene rings is 1. The monoisotopic (exact) mass is 350 g/mol. The van der Waals surface area contributed by atoms with Gasteiger partial charge in [0, 0.05) is 25.6 Å². The number of nitrogens with zero attached hydrogens (tertiary/aromatic N) is 1. The van der Waals surface area contributed by atoms with Gasteiger partial charge in [-0.1, -0.05) is 12.1 Å². The van der Waals surface area contributed by atoms with Crippen LogP contribution in [0.1, 0.15) is 52.0 Å². The fraction of sp³-hybridized carbons (Fsp3) is 0.579. The molecule has 0 aromatic heterocycles. The van der Waals surface area contributed by atoms with Crippen molar-refractivity contribution in [1.29, 1.82) is 0 Å². The van der Waals surface area contributed by atoms with Crippen molar-refractivity contribution >= 4 is 12.0 Å². The zero-order valence-corrected chi connectivity index (χ0v) is 15.2. The lowest BCUT2D eigenvalue weighted by molar-refractivity contribution is -0.132. The van der Waals surface area contributed by atoms with Crippen LogP contribution in [0.4, 0.5) is 9.18 Å². The Balaban J connectivity index is 1.75. The maximum Gasteiger partial charge on any atom is 0.407 e. The van der Waals surface area contributed by atoms with Gasteiger partial charge in [-0.15, -0.1) is 0 Å². The number of hydrogen-bond donors (Lipinski definition) is 1. The van der Waals surface area contributed by atoms with Crippen LogP contribution in [0.15, 0.2) is 24.3 Å². The van der Waals surface area contributed by atoms with E-state index in [2.05, 4.69) is 5.32 Å². The fourth-order valence-corrected chi connectivity index (χ4v) is 2.48. The van der Waals surface area contributed by atoms with Crippen molar-refractivity contribution < 1.29 is 18.7 Å². The Bertz CT molecular complexity index is 592. The zero-order chi connectivity index (χ0) is 18.4. The van der Waals surface area contributed by atoms with Crippen LogP contribution >= 0.6 is 0 Å². The molecule has 25 heavy (non-hydrogen) atoms. The summed E-state index contributed by atoms with van der Waals surface area (Å²) in [5.41, 5.74) is 0.395. The lowest BCUT2D eigenvalue weighted by atomic mass is 10.2. The van der Waals surface area contributed by atoms with Crippen LogP contribution in [0.25, 0.3) is 0 Å². The third-order valence-electron chi connectivity index (χ3n) is 3.81. The summed E-state index contributed by atoms with van der Waals surface area (Å²) in [6.07, 6.45) is 2.50. The number of carbonyl (C=O) groups is 2. The van der Waals surface area contributed by atoms with Crippen molar-refractivity contribution in [2.24, 2.45) is 0 Å². The second-order valence-corrected chi connectivity index (χ2v) is 7.41. The van der Waals surface area contributed by atoms with Crippen molar-refractivity contribution in [1.82, 2.24) is 10.2 Å². The second-order valence-electron chi connectivity index (χ2n) is 7.41. The summed E-state index contributed by atoms with van der Waals surface area (Å²) in [5, 5.41) is 2.66. The predicted octanol–water partition coefficient (Wildman–Crippen LogP) is 3.62. The van der Waals surface area contributed by atoms with Crippen LogP contribution in [0.2, 0.25) is 0 Å². The molecule has 138 valence electrons. The van der Waals surface area contributed by atoms with Crippen molar-refractivity contribution in [3.05, 3.63) is 35.6 Å². The van der Waals surface area contributed by atoms with Gasteiger partial charge < -0.3 is 15.0 Å². The van der Waals surface area contributed by atoms with E-state index in [0.717, 1.165) is 18.4 Å². The molecule has 0 saturated heterocycles. The van der Waals surface area contributed by atoms with Gasteiger partial charge in [0.25, 0.3) is 0 Å². The SMILES string of the molecule is CC(C)(C)OC(=O)NCCCC(=O)N(Cc1ccc(F)cc1)C1CC1. The zero-order valence-electron chi connectivity index (χ0n) is 15.2. The molecule has 1 aromatic carbocycles. The highest BCUT2D eigenvalue weighted by atomic mass is 19.1. The van der Waals surface area contributed by atoms with Gasteiger partial charge in [-0.25, -0.2) is 9.18 Å². The van der Waals surface area contributed by atoms with E-state index in [1.807, 2.05) is 4.90 Å². The first-order chi connectivity index (χ1) is 11.7. The van der Waals surface area contributed by atoms with Crippen molar-refractivity contribution in [3.63, 3.8) is 0 Å². The molecule has 1 fully saturated rings. The van der Waals surface area contributed by atoms with E-state index < -0.39 is 11.7 Å². The molecule has 1 aliphatic rings. The molecular formula is C19H27FN2O3. The number of halogens is 1. The smallest absolute Gasteiger partial charge is 0.407 e. The molecule has 0 spiro atoms. The molecule has 1 N–H and O–H groups in total. The quantitative estimate of drug-likeness (QED) is 0.764. The van der Waals surface area contributed by atoms with E-state index in [0.29, 0.717) is 25.9 Å². The molecule has 1 saturated carbocycles. The summed E-state index contributed by atoms with van der Waals surface area (Å²) < 4.78 is 18.2. The van der Waals surface area contributed by atoms with Crippen molar-refractivity contribution in [2.75, 3.05) is 6.54 Å². The highest BCUT2D eigenvalue weighted by Crippen LogP contribution is 2.29. The Labute approximate surface area is 148 Å². The van der Waals surface area contributed by atoms with Gasteiger partial charge in [0.15, 0.2) is 0 Å². The summed E-state index contributed by atoms with van der Waals surface area (Å²) in [6.45, 7) is 6.32. The molecule has 0 radical (unpaired) electrons. The van der Waals surface area contributed by atoms with Gasteiger partial charge in [-0.05, 0) is 57.7 Å². The lowest BCUT2D eigenvalue weighted by Gasteiger charge is -2.23. The van der Waals surface area contributed by atoms with Gasteiger partial charge in [0.1, 0.15) is 11.4 Å². The normalized spacial score (nSPS) is 14.1. The maximum absolute atomic E-state index is 13.0. The topological polar surface area (TPSA) is 58.6 Å². The number of amides is 2. The first-order valence-corrected chi connectivity index (χ1v) is 8.75. The average Bonchev–Trinajstić information content (AvgIpc) is 3.33. The van der Waals surface area contributed by atoms with E-state index in [4.69, 9.17) is 4.74 Å². The minimum Gasteiger partial charge on any atom is -0.444 e. The number of carbonyl (C=O) groups excluding carboxylic acids is 2. The highest BCUT2D eigenvalue weighted by molar-refractivity contribution is 5.77. The molecule has 0 aliphatic heterocycles. The first kappa shape index (κ1) is 19.2. The Morgan fingerprint density at radius 1 is 1.24 bits per heavy atom. The second kappa shape index (κ2) is 8.32. The van der Waals surface area contributed by atoms with Crippen molar-refractivity contribution in [3.8, 4) is 0 Å². The van der Waals surface area contributed by atoms with Gasteiger partial charge >= 0.3 is 6.09 Å². The summed E-state index contributed by atoms with van der Waals surface area (Å²) >= 11 is 0. The predicted molar refractivity (Wildman–Crippen MR) is 93.4 cm³/mol. The molecule has 6 heteroatoms. The fourth-order valence-electron chi connectivity index (χ4n) is 2.48. The highest BCUT2D eigenvalue weighted by Gasteiger charge is 2.32. The summed E-state index contributed by atoms with van der Waals surface area (Å²) in [5.74, 6) is -0.209. The molecule has 0 atom stereocenters. The summed E-state index contributed by atoms with van der Waals surface area (Å²) in [4.78, 5) is 25.9. The largest absolute Gasteiger partial charge is 0.444 e. The van der Waals surface area contributed by atoms with Crippen LogP contribution < -0.4 is 5.32 Å². The maximum atomic E-state index is 13.0. The van der Waals surface area contributed by atoms with E-state index >= 15 is 0 Å². The molecule has 1 aliphatic carbocycles. The molecule has 2 rings (SSSR count). The van der Waals surface area contributed by atoms with Crippen LogP contribution in [-0.2, 0) is 16.1 Å². The van der Waals surface area contributed by atoms with E-state index in [9.17, 15) is 14.0 Å². The third kappa shape index (κ3) is 7.11. The van der Waals surface area contributed by atoms with Crippen LogP contribution in [0.5, 0.6) is 0 Å². The third-order valence-corrected chi connectivity index (χ3v) is 3.81. The van der Waals surface area contributed by atoms with Gasteiger partial charge in [-0.3, -0.25) is 4.79 Å².